The Kier molecular flexibility index (Phi) is 11.7. The normalized spacial score (nSPS) is 21.6. The van der Waals surface area contributed by atoms with Gasteiger partial charge in [-0.1, -0.05) is 68.2 Å². The Bertz CT molecular complexity index is 1780. The van der Waals surface area contributed by atoms with Crippen molar-refractivity contribution in [2.45, 2.75) is 58.0 Å². The highest BCUT2D eigenvalue weighted by atomic mass is 35.5. The van der Waals surface area contributed by atoms with Crippen LogP contribution < -0.4 is 10.1 Å². The summed E-state index contributed by atoms with van der Waals surface area (Å²) in [6.07, 6.45) is 1.71. The molecule has 0 saturated carbocycles. The lowest BCUT2D eigenvalue weighted by Gasteiger charge is -2.47. The van der Waals surface area contributed by atoms with Gasteiger partial charge in [0.2, 0.25) is 0 Å². The molecular formula is C35H46Cl2N6O5S. The molecule has 49 heavy (non-hydrogen) atoms. The molecule has 0 radical (unpaired) electrons. The summed E-state index contributed by atoms with van der Waals surface area (Å²) >= 11 is 12.7. The minimum absolute atomic E-state index is 0.0525. The van der Waals surface area contributed by atoms with E-state index in [0.717, 1.165) is 21.1 Å². The van der Waals surface area contributed by atoms with Gasteiger partial charge in [-0.2, -0.15) is 12.7 Å². The van der Waals surface area contributed by atoms with Crippen molar-refractivity contribution in [2.24, 2.45) is 4.99 Å². The van der Waals surface area contributed by atoms with Crippen LogP contribution in [0.4, 0.5) is 4.79 Å². The number of nitrogens with zero attached hydrogens (tertiary/aromatic N) is 5. The van der Waals surface area contributed by atoms with Crippen LogP contribution >= 0.6 is 23.2 Å². The minimum Gasteiger partial charge on any atom is -0.493 e. The van der Waals surface area contributed by atoms with Crippen molar-refractivity contribution < 1.29 is 22.5 Å². The van der Waals surface area contributed by atoms with Crippen LogP contribution in [-0.2, 0) is 26.8 Å². The van der Waals surface area contributed by atoms with Crippen molar-refractivity contribution >= 4 is 45.4 Å². The van der Waals surface area contributed by atoms with Crippen molar-refractivity contribution in [3.8, 4) is 5.75 Å². The van der Waals surface area contributed by atoms with E-state index in [2.05, 4.69) is 26.1 Å². The number of aliphatic imine (C=N–C) groups is 1. The van der Waals surface area contributed by atoms with E-state index in [4.69, 9.17) is 37.9 Å². The van der Waals surface area contributed by atoms with Gasteiger partial charge in [-0.25, -0.2) is 4.79 Å². The monoisotopic (exact) mass is 732 g/mol. The summed E-state index contributed by atoms with van der Waals surface area (Å²) in [7, 11) is -0.644. The molecule has 2 aromatic carbocycles. The van der Waals surface area contributed by atoms with Gasteiger partial charge >= 0.3 is 16.3 Å². The van der Waals surface area contributed by atoms with E-state index in [0.29, 0.717) is 33.8 Å². The Labute approximate surface area is 300 Å². The topological polar surface area (TPSA) is 128 Å². The molecular weight excluding hydrogens is 687 g/mol. The molecule has 1 fully saturated rings. The standard InChI is InChI=1S/C33H39Cl2N5O5S.C2H7N/c1-7-45-27-20-28(31(2,3)4)36-21-26(27)29-37-32(5,22-8-12-24(34)13-9-22)33(6,23-10-14-25(35)15-11-23)40(29)30(41)38-16-18-39(19-17-38)46(42,43)44;1-3-2/h8-15,20-21H,7,16-19H2,1-6H3,(H,42,43,44);3H,1-2H3/t32-,33+;/m0./s1. The van der Waals surface area contributed by atoms with Crippen LogP contribution in [0.1, 0.15) is 63.9 Å². The van der Waals surface area contributed by atoms with Gasteiger partial charge in [0.15, 0.2) is 0 Å². The van der Waals surface area contributed by atoms with Crippen LogP contribution in [0.3, 0.4) is 0 Å². The van der Waals surface area contributed by atoms with E-state index in [1.165, 1.54) is 0 Å². The number of amidine groups is 1. The van der Waals surface area contributed by atoms with Gasteiger partial charge in [-0.05, 0) is 70.3 Å². The number of benzene rings is 2. The Morgan fingerprint density at radius 1 is 0.959 bits per heavy atom. The molecule has 0 bridgehead atoms. The smallest absolute Gasteiger partial charge is 0.336 e. The first kappa shape index (κ1) is 38.5. The predicted octanol–water partition coefficient (Wildman–Crippen LogP) is 6.35. The number of halogens is 2. The number of ether oxygens (including phenoxy) is 1. The van der Waals surface area contributed by atoms with Crippen LogP contribution in [0.25, 0.3) is 0 Å². The Hall–Kier alpha value is -3.26. The van der Waals surface area contributed by atoms with E-state index in [1.54, 1.807) is 40.3 Å². The molecule has 2 atom stereocenters. The second-order valence-electron chi connectivity index (χ2n) is 13.3. The second-order valence-corrected chi connectivity index (χ2v) is 15.6. The maximum absolute atomic E-state index is 14.9. The third-order valence-electron chi connectivity index (χ3n) is 8.95. The maximum atomic E-state index is 14.9. The molecule has 14 heteroatoms. The van der Waals surface area contributed by atoms with Crippen LogP contribution in [-0.4, -0.2) is 90.8 Å². The minimum atomic E-state index is -4.39. The molecule has 0 unspecified atom stereocenters. The van der Waals surface area contributed by atoms with Gasteiger partial charge in [0, 0.05) is 59.6 Å². The molecule has 266 valence electrons. The van der Waals surface area contributed by atoms with Crippen LogP contribution in [0, 0.1) is 0 Å². The molecule has 5 rings (SSSR count). The number of amides is 2. The summed E-state index contributed by atoms with van der Waals surface area (Å²) in [6, 6.07) is 16.2. The first-order valence-electron chi connectivity index (χ1n) is 16.1. The summed E-state index contributed by atoms with van der Waals surface area (Å²) in [6.45, 7) is 12.4. The third kappa shape index (κ3) is 7.74. The van der Waals surface area contributed by atoms with E-state index in [-0.39, 0.29) is 37.6 Å². The lowest BCUT2D eigenvalue weighted by atomic mass is 9.71. The van der Waals surface area contributed by atoms with Crippen molar-refractivity contribution in [1.29, 1.82) is 0 Å². The van der Waals surface area contributed by atoms with Crippen molar-refractivity contribution in [2.75, 3.05) is 46.9 Å². The molecule has 2 N–H and O–H groups in total. The lowest BCUT2D eigenvalue weighted by Crippen LogP contribution is -2.61. The first-order chi connectivity index (χ1) is 22.9. The molecule has 2 aliphatic heterocycles. The van der Waals surface area contributed by atoms with Crippen LogP contribution in [0.5, 0.6) is 5.75 Å². The fourth-order valence-electron chi connectivity index (χ4n) is 6.11. The molecule has 0 aliphatic carbocycles. The van der Waals surface area contributed by atoms with E-state index in [1.807, 2.05) is 65.2 Å². The highest BCUT2D eigenvalue weighted by Gasteiger charge is 2.60. The average molecular weight is 734 g/mol. The number of carbonyl (C=O) groups is 1. The van der Waals surface area contributed by atoms with Crippen LogP contribution in [0.2, 0.25) is 10.0 Å². The summed E-state index contributed by atoms with van der Waals surface area (Å²) in [5.41, 5.74) is 0.491. The summed E-state index contributed by atoms with van der Waals surface area (Å²) in [5.74, 6) is 0.891. The second kappa shape index (κ2) is 14.9. The number of pyridine rings is 1. The first-order valence-corrected chi connectivity index (χ1v) is 18.2. The van der Waals surface area contributed by atoms with E-state index >= 15 is 0 Å². The van der Waals surface area contributed by atoms with Crippen molar-refractivity contribution in [3.63, 3.8) is 0 Å². The van der Waals surface area contributed by atoms with Gasteiger partial charge in [0.25, 0.3) is 0 Å². The number of piperazine rings is 1. The largest absolute Gasteiger partial charge is 0.493 e. The molecule has 1 saturated heterocycles. The molecule has 3 aromatic rings. The van der Waals surface area contributed by atoms with Crippen molar-refractivity contribution in [3.05, 3.63) is 93.2 Å². The zero-order valence-corrected chi connectivity index (χ0v) is 31.6. The summed E-state index contributed by atoms with van der Waals surface area (Å²) in [4.78, 5) is 28.3. The predicted molar refractivity (Wildman–Crippen MR) is 195 cm³/mol. The molecule has 0 spiro atoms. The lowest BCUT2D eigenvalue weighted by molar-refractivity contribution is 0.0968. The summed E-state index contributed by atoms with van der Waals surface area (Å²) in [5, 5.41) is 3.85. The van der Waals surface area contributed by atoms with E-state index < -0.39 is 21.4 Å². The molecule has 2 amide bonds. The number of rotatable bonds is 6. The Morgan fingerprint density at radius 3 is 1.94 bits per heavy atom. The Balaban J connectivity index is 0.00000174. The highest BCUT2D eigenvalue weighted by Crippen LogP contribution is 2.54. The van der Waals surface area contributed by atoms with Gasteiger partial charge in [0.05, 0.1) is 12.2 Å². The highest BCUT2D eigenvalue weighted by molar-refractivity contribution is 7.83. The van der Waals surface area contributed by atoms with Gasteiger partial charge in [-0.15, -0.1) is 0 Å². The fourth-order valence-corrected chi connectivity index (χ4v) is 6.99. The van der Waals surface area contributed by atoms with Crippen LogP contribution in [0.15, 0.2) is 65.8 Å². The number of hydrogen-bond acceptors (Lipinski definition) is 7. The quantitative estimate of drug-likeness (QED) is 0.283. The summed E-state index contributed by atoms with van der Waals surface area (Å²) < 4.78 is 40.4. The number of hydrogen-bond donors (Lipinski definition) is 2. The van der Waals surface area contributed by atoms with Gasteiger partial charge in [0.1, 0.15) is 22.7 Å². The Morgan fingerprint density at radius 2 is 1.47 bits per heavy atom. The zero-order chi connectivity index (χ0) is 36.4. The fraction of sp³-hybridized carbons (Fsp3) is 0.457. The maximum Gasteiger partial charge on any atom is 0.336 e. The SMILES string of the molecule is CCOc1cc(C(C)(C)C)ncc1C1=N[C@@](C)(c2ccc(Cl)cc2)[C@@](C)(c2ccc(Cl)cc2)N1C(=O)N1CCN(S(=O)(=O)O)CC1.CNC. The number of carbonyl (C=O) groups excluding carboxylic acids is 1. The van der Waals surface area contributed by atoms with Crippen molar-refractivity contribution in [1.82, 2.24) is 24.4 Å². The molecule has 2 aliphatic rings. The molecule has 1 aromatic heterocycles. The van der Waals surface area contributed by atoms with Gasteiger partial charge in [-0.3, -0.25) is 19.4 Å². The number of aromatic nitrogens is 1. The number of urea groups is 1. The van der Waals surface area contributed by atoms with E-state index in [9.17, 15) is 17.8 Å². The zero-order valence-electron chi connectivity index (χ0n) is 29.3. The molecule has 3 heterocycles. The number of nitrogens with one attached hydrogen (secondary N) is 1. The van der Waals surface area contributed by atoms with Gasteiger partial charge < -0.3 is 15.0 Å². The average Bonchev–Trinajstić information content (AvgIpc) is 3.29. The molecule has 11 nitrogen and oxygen atoms in total. The third-order valence-corrected chi connectivity index (χ3v) is 10.5.